The molecule has 0 unspecified atom stereocenters. The van der Waals surface area contributed by atoms with Crippen LogP contribution in [-0.4, -0.2) is 15.1 Å². The predicted octanol–water partition coefficient (Wildman–Crippen LogP) is 4.19. The van der Waals surface area contributed by atoms with Crippen molar-refractivity contribution in [1.29, 1.82) is 0 Å². The molecule has 0 radical (unpaired) electrons. The fourth-order valence-corrected chi connectivity index (χ4v) is 3.11. The third-order valence-corrected chi connectivity index (χ3v) is 4.10. The van der Waals surface area contributed by atoms with Crippen molar-refractivity contribution in [3.05, 3.63) is 47.7 Å². The number of hydrogen-bond acceptors (Lipinski definition) is 2. The lowest BCUT2D eigenvalue weighted by molar-refractivity contribution is 0.476. The first-order valence-electron chi connectivity index (χ1n) is 6.65. The van der Waals surface area contributed by atoms with E-state index in [1.54, 1.807) is 6.07 Å². The van der Waals surface area contributed by atoms with Crippen molar-refractivity contribution in [2.45, 2.75) is 13.8 Å². The molecular weight excluding hydrogens is 248 g/mol. The highest BCUT2D eigenvalue weighted by Crippen LogP contribution is 2.36. The van der Waals surface area contributed by atoms with Crippen LogP contribution in [0, 0.1) is 13.8 Å². The molecule has 0 spiro atoms. The first-order valence-corrected chi connectivity index (χ1v) is 6.65. The Bertz CT molecular complexity index is 983. The van der Waals surface area contributed by atoms with Crippen LogP contribution in [0.3, 0.4) is 0 Å². The van der Waals surface area contributed by atoms with Crippen molar-refractivity contribution in [3.8, 4) is 5.75 Å². The molecule has 3 heteroatoms. The molecule has 0 bridgehead atoms. The van der Waals surface area contributed by atoms with E-state index in [-0.39, 0.29) is 0 Å². The number of rotatable bonds is 0. The number of aryl methyl sites for hydroxylation is 2. The van der Waals surface area contributed by atoms with Gasteiger partial charge in [-0.1, -0.05) is 6.07 Å². The summed E-state index contributed by atoms with van der Waals surface area (Å²) >= 11 is 0. The lowest BCUT2D eigenvalue weighted by Gasteiger charge is -2.07. The number of H-pyrrole nitrogens is 1. The standard InChI is InChI=1S/C17H14N2O/c1-9-12-4-3-7-18-16(12)10(2)17-15(9)13-8-11(20)5-6-14(13)19-17/h3-8,19-20H,1-2H3. The van der Waals surface area contributed by atoms with Crippen LogP contribution in [0.5, 0.6) is 5.75 Å². The van der Waals surface area contributed by atoms with Crippen LogP contribution in [0.2, 0.25) is 0 Å². The average molecular weight is 262 g/mol. The van der Waals surface area contributed by atoms with E-state index < -0.39 is 0 Å². The maximum absolute atomic E-state index is 9.76. The fraction of sp³-hybridized carbons (Fsp3) is 0.118. The van der Waals surface area contributed by atoms with E-state index in [9.17, 15) is 5.11 Å². The topological polar surface area (TPSA) is 48.9 Å². The Morgan fingerprint density at radius 2 is 1.90 bits per heavy atom. The van der Waals surface area contributed by atoms with Crippen molar-refractivity contribution in [2.75, 3.05) is 0 Å². The second-order valence-corrected chi connectivity index (χ2v) is 5.25. The van der Waals surface area contributed by atoms with Gasteiger partial charge in [0.05, 0.1) is 11.0 Å². The summed E-state index contributed by atoms with van der Waals surface area (Å²) in [6, 6.07) is 9.52. The quantitative estimate of drug-likeness (QED) is 0.499. The van der Waals surface area contributed by atoms with Crippen molar-refractivity contribution in [1.82, 2.24) is 9.97 Å². The molecule has 3 nitrogen and oxygen atoms in total. The zero-order chi connectivity index (χ0) is 13.9. The summed E-state index contributed by atoms with van der Waals surface area (Å²) < 4.78 is 0. The van der Waals surface area contributed by atoms with Gasteiger partial charge in [0.15, 0.2) is 0 Å². The fourth-order valence-electron chi connectivity index (χ4n) is 3.11. The molecule has 0 saturated heterocycles. The Hall–Kier alpha value is -2.55. The van der Waals surface area contributed by atoms with Crippen molar-refractivity contribution >= 4 is 32.7 Å². The zero-order valence-electron chi connectivity index (χ0n) is 11.4. The first kappa shape index (κ1) is 11.3. The number of nitrogens with one attached hydrogen (secondary N) is 1. The van der Waals surface area contributed by atoms with E-state index in [1.165, 1.54) is 16.3 Å². The molecule has 20 heavy (non-hydrogen) atoms. The molecule has 2 heterocycles. The van der Waals surface area contributed by atoms with E-state index >= 15 is 0 Å². The van der Waals surface area contributed by atoms with E-state index in [1.807, 2.05) is 24.4 Å². The van der Waals surface area contributed by atoms with Gasteiger partial charge in [0.1, 0.15) is 5.75 Å². The number of benzene rings is 2. The number of phenolic OH excluding ortho intramolecular Hbond substituents is 1. The number of aromatic nitrogens is 2. The lowest BCUT2D eigenvalue weighted by atomic mass is 9.99. The van der Waals surface area contributed by atoms with Crippen LogP contribution >= 0.6 is 0 Å². The Kier molecular flexibility index (Phi) is 2.11. The van der Waals surface area contributed by atoms with Gasteiger partial charge in [-0.3, -0.25) is 4.98 Å². The Labute approximate surface area is 115 Å². The summed E-state index contributed by atoms with van der Waals surface area (Å²) in [6.45, 7) is 4.20. The summed E-state index contributed by atoms with van der Waals surface area (Å²) in [5.74, 6) is 0.293. The Morgan fingerprint density at radius 3 is 2.75 bits per heavy atom. The molecule has 2 aromatic carbocycles. The molecule has 2 N–H and O–H groups in total. The van der Waals surface area contributed by atoms with Gasteiger partial charge in [0.2, 0.25) is 0 Å². The van der Waals surface area contributed by atoms with Gasteiger partial charge in [0.25, 0.3) is 0 Å². The van der Waals surface area contributed by atoms with E-state index in [2.05, 4.69) is 29.9 Å². The minimum absolute atomic E-state index is 0.293. The number of aromatic amines is 1. The summed E-state index contributed by atoms with van der Waals surface area (Å²) in [5.41, 5.74) is 5.53. The highest BCUT2D eigenvalue weighted by atomic mass is 16.3. The number of nitrogens with zero attached hydrogens (tertiary/aromatic N) is 1. The maximum Gasteiger partial charge on any atom is 0.116 e. The number of fused-ring (bicyclic) bond motifs is 4. The molecule has 0 aliphatic heterocycles. The lowest BCUT2D eigenvalue weighted by Crippen LogP contribution is -1.88. The summed E-state index contributed by atoms with van der Waals surface area (Å²) in [6.07, 6.45) is 1.83. The van der Waals surface area contributed by atoms with Crippen molar-refractivity contribution < 1.29 is 5.11 Å². The van der Waals surface area contributed by atoms with Crippen LogP contribution in [0.15, 0.2) is 36.5 Å². The third kappa shape index (κ3) is 1.32. The monoisotopic (exact) mass is 262 g/mol. The van der Waals surface area contributed by atoms with Crippen LogP contribution in [-0.2, 0) is 0 Å². The highest BCUT2D eigenvalue weighted by molar-refractivity contribution is 6.15. The van der Waals surface area contributed by atoms with E-state index in [0.29, 0.717) is 5.75 Å². The summed E-state index contributed by atoms with van der Waals surface area (Å²) in [4.78, 5) is 7.97. The Balaban J connectivity index is 2.36. The summed E-state index contributed by atoms with van der Waals surface area (Å²) in [7, 11) is 0. The van der Waals surface area contributed by atoms with Gasteiger partial charge in [-0.25, -0.2) is 0 Å². The van der Waals surface area contributed by atoms with Crippen molar-refractivity contribution in [3.63, 3.8) is 0 Å². The SMILES string of the molecule is Cc1c2ncccc2c(C)c2c1[nH]c1ccc(O)cc12. The van der Waals surface area contributed by atoms with Gasteiger partial charge < -0.3 is 10.1 Å². The van der Waals surface area contributed by atoms with E-state index in [0.717, 1.165) is 27.5 Å². The maximum atomic E-state index is 9.76. The molecule has 0 aliphatic carbocycles. The number of aromatic hydroxyl groups is 1. The molecule has 4 rings (SSSR count). The number of phenols is 1. The first-order chi connectivity index (χ1) is 9.66. The normalized spacial score (nSPS) is 11.7. The van der Waals surface area contributed by atoms with Crippen LogP contribution in [0.1, 0.15) is 11.1 Å². The smallest absolute Gasteiger partial charge is 0.116 e. The molecular formula is C17H14N2O. The molecule has 0 fully saturated rings. The molecule has 0 aliphatic rings. The van der Waals surface area contributed by atoms with Gasteiger partial charge in [-0.2, -0.15) is 0 Å². The highest BCUT2D eigenvalue weighted by Gasteiger charge is 2.14. The molecule has 0 saturated carbocycles. The number of hydrogen-bond donors (Lipinski definition) is 2. The molecule has 0 atom stereocenters. The second kappa shape index (κ2) is 3.73. The van der Waals surface area contributed by atoms with Crippen LogP contribution in [0.4, 0.5) is 0 Å². The van der Waals surface area contributed by atoms with Gasteiger partial charge in [-0.15, -0.1) is 0 Å². The van der Waals surface area contributed by atoms with Crippen LogP contribution < -0.4 is 0 Å². The largest absolute Gasteiger partial charge is 0.508 e. The molecule has 4 aromatic rings. The van der Waals surface area contributed by atoms with Crippen LogP contribution in [0.25, 0.3) is 32.7 Å². The van der Waals surface area contributed by atoms with Gasteiger partial charge in [-0.05, 0) is 49.2 Å². The predicted molar refractivity (Wildman–Crippen MR) is 82.2 cm³/mol. The van der Waals surface area contributed by atoms with Crippen molar-refractivity contribution in [2.24, 2.45) is 0 Å². The van der Waals surface area contributed by atoms with Gasteiger partial charge in [0, 0.05) is 27.9 Å². The Morgan fingerprint density at radius 1 is 1.05 bits per heavy atom. The third-order valence-electron chi connectivity index (χ3n) is 4.10. The molecule has 98 valence electrons. The second-order valence-electron chi connectivity index (χ2n) is 5.25. The number of pyridine rings is 1. The van der Waals surface area contributed by atoms with E-state index in [4.69, 9.17) is 0 Å². The molecule has 2 aromatic heterocycles. The average Bonchev–Trinajstić information content (AvgIpc) is 2.84. The summed E-state index contributed by atoms with van der Waals surface area (Å²) in [5, 5.41) is 13.2. The van der Waals surface area contributed by atoms with Gasteiger partial charge >= 0.3 is 0 Å². The molecule has 0 amide bonds. The minimum Gasteiger partial charge on any atom is -0.508 e. The zero-order valence-corrected chi connectivity index (χ0v) is 11.4. The minimum atomic E-state index is 0.293.